The van der Waals surface area contributed by atoms with Gasteiger partial charge in [0, 0.05) is 22.8 Å². The number of halogens is 1. The van der Waals surface area contributed by atoms with Gasteiger partial charge >= 0.3 is 0 Å². The maximum atomic E-state index is 14.4. The Morgan fingerprint density at radius 1 is 0.862 bits per heavy atom. The summed E-state index contributed by atoms with van der Waals surface area (Å²) < 4.78 is 25.5. The Hall–Kier alpha value is -3.31. The molecule has 29 heavy (non-hydrogen) atoms. The second-order valence-electron chi connectivity index (χ2n) is 6.99. The van der Waals surface area contributed by atoms with E-state index in [1.165, 1.54) is 12.1 Å². The van der Waals surface area contributed by atoms with Crippen molar-refractivity contribution in [2.75, 3.05) is 0 Å². The zero-order chi connectivity index (χ0) is 20.4. The SMILES string of the molecule is Cc1ccc(COc2ccc(COC3C(=O)c4ccccc4C3=O)c(F)c2)cc1. The fourth-order valence-electron chi connectivity index (χ4n) is 3.22. The van der Waals surface area contributed by atoms with Gasteiger partial charge in [-0.2, -0.15) is 0 Å². The van der Waals surface area contributed by atoms with E-state index in [1.54, 1.807) is 30.3 Å². The average Bonchev–Trinajstić information content (AvgIpc) is 2.97. The smallest absolute Gasteiger partial charge is 0.200 e. The van der Waals surface area contributed by atoms with E-state index in [9.17, 15) is 14.0 Å². The van der Waals surface area contributed by atoms with Gasteiger partial charge in [0.25, 0.3) is 0 Å². The van der Waals surface area contributed by atoms with Gasteiger partial charge in [0.1, 0.15) is 18.2 Å². The molecule has 0 aliphatic heterocycles. The van der Waals surface area contributed by atoms with Crippen LogP contribution in [0.5, 0.6) is 5.75 Å². The molecule has 3 aromatic rings. The largest absolute Gasteiger partial charge is 0.489 e. The number of benzene rings is 3. The fourth-order valence-corrected chi connectivity index (χ4v) is 3.22. The second-order valence-corrected chi connectivity index (χ2v) is 6.99. The summed E-state index contributed by atoms with van der Waals surface area (Å²) in [4.78, 5) is 24.7. The van der Waals surface area contributed by atoms with Crippen molar-refractivity contribution in [2.24, 2.45) is 0 Å². The lowest BCUT2D eigenvalue weighted by Crippen LogP contribution is -2.25. The summed E-state index contributed by atoms with van der Waals surface area (Å²) in [6, 6.07) is 18.9. The van der Waals surface area contributed by atoms with E-state index in [0.717, 1.165) is 11.1 Å². The van der Waals surface area contributed by atoms with Crippen LogP contribution in [0.4, 0.5) is 4.39 Å². The van der Waals surface area contributed by atoms with Gasteiger partial charge in [-0.25, -0.2) is 4.39 Å². The lowest BCUT2D eigenvalue weighted by Gasteiger charge is -2.11. The first kappa shape index (κ1) is 19.0. The Morgan fingerprint density at radius 2 is 1.52 bits per heavy atom. The van der Waals surface area contributed by atoms with Crippen LogP contribution in [0.15, 0.2) is 66.7 Å². The van der Waals surface area contributed by atoms with Crippen molar-refractivity contribution in [1.29, 1.82) is 0 Å². The maximum absolute atomic E-state index is 14.4. The van der Waals surface area contributed by atoms with Crippen molar-refractivity contribution in [3.8, 4) is 5.75 Å². The van der Waals surface area contributed by atoms with E-state index in [4.69, 9.17) is 9.47 Å². The third-order valence-corrected chi connectivity index (χ3v) is 4.89. The highest BCUT2D eigenvalue weighted by molar-refractivity contribution is 6.28. The molecule has 4 rings (SSSR count). The van der Waals surface area contributed by atoms with Crippen molar-refractivity contribution >= 4 is 11.6 Å². The molecule has 1 aliphatic carbocycles. The molecule has 0 unspecified atom stereocenters. The number of fused-ring (bicyclic) bond motifs is 1. The highest BCUT2D eigenvalue weighted by atomic mass is 19.1. The Morgan fingerprint density at radius 3 is 2.14 bits per heavy atom. The molecule has 0 radical (unpaired) electrons. The number of Topliss-reactive ketones (excluding diaryl/α,β-unsaturated/α-hetero) is 2. The van der Waals surface area contributed by atoms with E-state index in [1.807, 2.05) is 31.2 Å². The molecule has 3 aromatic carbocycles. The third kappa shape index (κ3) is 3.96. The first-order valence-corrected chi connectivity index (χ1v) is 9.29. The van der Waals surface area contributed by atoms with Gasteiger partial charge in [-0.05, 0) is 18.6 Å². The summed E-state index contributed by atoms with van der Waals surface area (Å²) in [6.45, 7) is 2.16. The van der Waals surface area contributed by atoms with Crippen LogP contribution in [0.3, 0.4) is 0 Å². The van der Waals surface area contributed by atoms with Crippen molar-refractivity contribution in [3.63, 3.8) is 0 Å². The monoisotopic (exact) mass is 390 g/mol. The van der Waals surface area contributed by atoms with Crippen LogP contribution in [0.2, 0.25) is 0 Å². The Balaban J connectivity index is 1.38. The van der Waals surface area contributed by atoms with Gasteiger partial charge in [0.05, 0.1) is 6.61 Å². The number of hydrogen-bond donors (Lipinski definition) is 0. The average molecular weight is 390 g/mol. The summed E-state index contributed by atoms with van der Waals surface area (Å²) in [5.74, 6) is -0.887. The van der Waals surface area contributed by atoms with Crippen LogP contribution in [0.25, 0.3) is 0 Å². The standard InChI is InChI=1S/C24H19FO4/c1-15-6-8-16(9-7-15)13-28-18-11-10-17(21(25)12-18)14-29-24-22(26)19-4-2-3-5-20(19)23(24)27/h2-12,24H,13-14H2,1H3. The van der Waals surface area contributed by atoms with Crippen LogP contribution >= 0.6 is 0 Å². The summed E-state index contributed by atoms with van der Waals surface area (Å²) in [5, 5.41) is 0. The molecule has 0 fully saturated rings. The minimum Gasteiger partial charge on any atom is -0.489 e. The molecule has 0 N–H and O–H groups in total. The second kappa shape index (κ2) is 7.97. The van der Waals surface area contributed by atoms with Crippen molar-refractivity contribution < 1.29 is 23.5 Å². The van der Waals surface area contributed by atoms with Gasteiger partial charge in [0.2, 0.25) is 0 Å². The number of carbonyl (C=O) groups is 2. The van der Waals surface area contributed by atoms with Gasteiger partial charge in [0.15, 0.2) is 17.7 Å². The Labute approximate surface area is 167 Å². The van der Waals surface area contributed by atoms with Crippen LogP contribution in [-0.4, -0.2) is 17.7 Å². The van der Waals surface area contributed by atoms with E-state index in [0.29, 0.717) is 23.5 Å². The molecule has 0 aromatic heterocycles. The zero-order valence-electron chi connectivity index (χ0n) is 15.9. The number of ketones is 2. The Kier molecular flexibility index (Phi) is 5.23. The summed E-state index contributed by atoms with van der Waals surface area (Å²) in [7, 11) is 0. The number of rotatable bonds is 6. The number of carbonyl (C=O) groups excluding carboxylic acids is 2. The minimum atomic E-state index is -1.22. The number of aryl methyl sites for hydroxylation is 1. The van der Waals surface area contributed by atoms with E-state index in [-0.39, 0.29) is 23.7 Å². The Bertz CT molecular complexity index is 1040. The van der Waals surface area contributed by atoms with E-state index < -0.39 is 11.9 Å². The van der Waals surface area contributed by atoms with Gasteiger partial charge in [-0.3, -0.25) is 9.59 Å². The van der Waals surface area contributed by atoms with Crippen molar-refractivity contribution in [1.82, 2.24) is 0 Å². The highest BCUT2D eigenvalue weighted by Crippen LogP contribution is 2.26. The minimum absolute atomic E-state index is 0.180. The molecule has 0 bridgehead atoms. The number of ether oxygens (including phenoxy) is 2. The van der Waals surface area contributed by atoms with Crippen molar-refractivity contribution in [2.45, 2.75) is 26.2 Å². The van der Waals surface area contributed by atoms with Gasteiger partial charge < -0.3 is 9.47 Å². The molecular formula is C24H19FO4. The molecule has 0 saturated carbocycles. The first-order chi connectivity index (χ1) is 14.0. The maximum Gasteiger partial charge on any atom is 0.200 e. The molecule has 0 spiro atoms. The zero-order valence-corrected chi connectivity index (χ0v) is 15.9. The molecule has 5 heteroatoms. The molecule has 1 aliphatic rings. The molecule has 0 heterocycles. The molecule has 0 atom stereocenters. The lowest BCUT2D eigenvalue weighted by molar-refractivity contribution is 0.0343. The topological polar surface area (TPSA) is 52.6 Å². The summed E-state index contributed by atoms with van der Waals surface area (Å²) in [5.41, 5.74) is 3.10. The predicted molar refractivity (Wildman–Crippen MR) is 106 cm³/mol. The van der Waals surface area contributed by atoms with E-state index in [2.05, 4.69) is 0 Å². The summed E-state index contributed by atoms with van der Waals surface area (Å²) in [6.07, 6.45) is -1.22. The molecule has 146 valence electrons. The van der Waals surface area contributed by atoms with Crippen molar-refractivity contribution in [3.05, 3.63) is 100 Å². The number of hydrogen-bond acceptors (Lipinski definition) is 4. The van der Waals surface area contributed by atoms with Crippen LogP contribution in [0.1, 0.15) is 37.4 Å². The van der Waals surface area contributed by atoms with Gasteiger partial charge in [-0.1, -0.05) is 60.2 Å². The quantitative estimate of drug-likeness (QED) is 0.574. The lowest BCUT2D eigenvalue weighted by atomic mass is 10.1. The van der Waals surface area contributed by atoms with E-state index >= 15 is 0 Å². The van der Waals surface area contributed by atoms with Crippen LogP contribution in [0, 0.1) is 12.7 Å². The van der Waals surface area contributed by atoms with Crippen LogP contribution in [-0.2, 0) is 18.0 Å². The van der Waals surface area contributed by atoms with Gasteiger partial charge in [-0.15, -0.1) is 0 Å². The third-order valence-electron chi connectivity index (χ3n) is 4.89. The molecular weight excluding hydrogens is 371 g/mol. The summed E-state index contributed by atoms with van der Waals surface area (Å²) >= 11 is 0. The molecule has 0 saturated heterocycles. The highest BCUT2D eigenvalue weighted by Gasteiger charge is 2.39. The first-order valence-electron chi connectivity index (χ1n) is 9.29. The predicted octanol–water partition coefficient (Wildman–Crippen LogP) is 4.68. The van der Waals surface area contributed by atoms with Crippen LogP contribution < -0.4 is 4.74 Å². The molecule has 0 amide bonds. The fraction of sp³-hybridized carbons (Fsp3) is 0.167. The normalized spacial score (nSPS) is 13.6. The molecule has 4 nitrogen and oxygen atoms in total.